The van der Waals surface area contributed by atoms with Crippen molar-refractivity contribution in [2.75, 3.05) is 18.1 Å². The van der Waals surface area contributed by atoms with E-state index in [1.807, 2.05) is 18.7 Å². The van der Waals surface area contributed by atoms with Gasteiger partial charge in [-0.05, 0) is 26.2 Å². The Hall–Kier alpha value is -1.23. The number of hydrogen-bond donors (Lipinski definition) is 0. The minimum atomic E-state index is 0.435. The van der Waals surface area contributed by atoms with Crippen LogP contribution in [0.5, 0.6) is 0 Å². The molecule has 0 atom stereocenters. The highest BCUT2D eigenvalue weighted by molar-refractivity contribution is 6.16. The molecule has 3 rings (SSSR count). The summed E-state index contributed by atoms with van der Waals surface area (Å²) < 4.78 is 4.07. The molecule has 0 amide bonds. The van der Waals surface area contributed by atoms with Gasteiger partial charge in [0.15, 0.2) is 5.65 Å². The third-order valence-electron chi connectivity index (χ3n) is 3.58. The van der Waals surface area contributed by atoms with Gasteiger partial charge in [0.05, 0.1) is 11.6 Å². The van der Waals surface area contributed by atoms with Crippen molar-refractivity contribution in [1.29, 1.82) is 0 Å². The number of piperidine rings is 1. The molecule has 2 aromatic rings. The first kappa shape index (κ1) is 11.8. The maximum Gasteiger partial charge on any atom is 0.177 e. The summed E-state index contributed by atoms with van der Waals surface area (Å²) in [7, 11) is 1.97. The Bertz CT molecular complexity index is 565. The van der Waals surface area contributed by atoms with Crippen LogP contribution in [-0.2, 0) is 12.9 Å². The van der Waals surface area contributed by atoms with Crippen molar-refractivity contribution in [2.24, 2.45) is 7.05 Å². The summed E-state index contributed by atoms with van der Waals surface area (Å²) in [5, 5.41) is 6.79. The molecule has 3 heterocycles. The number of rotatable bonds is 2. The third-order valence-corrected chi connectivity index (χ3v) is 3.82. The van der Waals surface area contributed by atoms with Gasteiger partial charge in [-0.3, -0.25) is 0 Å². The molecule has 1 saturated heterocycles. The molecule has 5 nitrogen and oxygen atoms in total. The lowest BCUT2D eigenvalue weighted by atomic mass is 10.2. The summed E-state index contributed by atoms with van der Waals surface area (Å²) in [4.78, 5) is 4.63. The normalized spacial score (nSPS) is 16.7. The number of aromatic nitrogens is 4. The number of alkyl halides is 1. The van der Waals surface area contributed by atoms with Gasteiger partial charge in [0.1, 0.15) is 11.3 Å². The molecule has 1 aliphatic rings. The first-order valence-electron chi connectivity index (χ1n) is 6.44. The van der Waals surface area contributed by atoms with E-state index in [0.29, 0.717) is 5.88 Å². The first-order chi connectivity index (χ1) is 8.72. The Morgan fingerprint density at radius 2 is 1.94 bits per heavy atom. The minimum Gasteiger partial charge on any atom is -0.310 e. The second kappa shape index (κ2) is 4.46. The van der Waals surface area contributed by atoms with E-state index in [1.165, 1.54) is 19.3 Å². The Kier molecular flexibility index (Phi) is 2.93. The highest BCUT2D eigenvalue weighted by atomic mass is 35.5. The molecule has 2 aromatic heterocycles. The van der Waals surface area contributed by atoms with Crippen molar-refractivity contribution >= 4 is 22.8 Å². The lowest BCUT2D eigenvalue weighted by Gasteiger charge is -2.30. The molecule has 0 aliphatic carbocycles. The minimum absolute atomic E-state index is 0.435. The second-order valence-electron chi connectivity index (χ2n) is 4.87. The fourth-order valence-electron chi connectivity index (χ4n) is 2.76. The van der Waals surface area contributed by atoms with E-state index in [4.69, 9.17) is 11.6 Å². The average Bonchev–Trinajstić information content (AvgIpc) is 2.90. The van der Waals surface area contributed by atoms with E-state index in [1.54, 1.807) is 0 Å². The summed E-state index contributed by atoms with van der Waals surface area (Å²) in [6, 6.07) is 0. The molecule has 0 aromatic carbocycles. The quantitative estimate of drug-likeness (QED) is 0.781. The van der Waals surface area contributed by atoms with Crippen molar-refractivity contribution in [3.05, 3.63) is 11.5 Å². The molecule has 0 spiro atoms. The summed E-state index contributed by atoms with van der Waals surface area (Å²) in [5.74, 6) is 1.36. The lowest BCUT2D eigenvalue weighted by Crippen LogP contribution is -2.40. The monoisotopic (exact) mass is 267 g/mol. The molecular weight excluding hydrogens is 250 g/mol. The molecule has 1 aliphatic heterocycles. The van der Waals surface area contributed by atoms with Crippen LogP contribution in [0.25, 0.3) is 11.2 Å². The first-order valence-corrected chi connectivity index (χ1v) is 6.98. The van der Waals surface area contributed by atoms with Crippen molar-refractivity contribution < 1.29 is 0 Å². The fraction of sp³-hybridized carbons (Fsp3) is 0.667. The van der Waals surface area contributed by atoms with Crippen molar-refractivity contribution in [3.8, 4) is 0 Å². The predicted octanol–water partition coefficient (Wildman–Crippen LogP) is 1.94. The molecular formula is C12H18ClN5. The molecule has 0 bridgehead atoms. The van der Waals surface area contributed by atoms with Crippen LogP contribution in [0, 0.1) is 6.92 Å². The SMILES string of the molecule is Cc1nn(C)c2c1nc(CCl)n2N1CCCCC1. The number of fused-ring (bicyclic) bond motifs is 1. The van der Waals surface area contributed by atoms with Crippen LogP contribution in [0.3, 0.4) is 0 Å². The highest BCUT2D eigenvalue weighted by Gasteiger charge is 2.22. The van der Waals surface area contributed by atoms with Crippen LogP contribution < -0.4 is 5.01 Å². The zero-order valence-electron chi connectivity index (χ0n) is 10.9. The zero-order valence-corrected chi connectivity index (χ0v) is 11.6. The van der Waals surface area contributed by atoms with Crippen LogP contribution in [0.2, 0.25) is 0 Å². The summed E-state index contributed by atoms with van der Waals surface area (Å²) in [6.45, 7) is 4.13. The number of hydrogen-bond acceptors (Lipinski definition) is 3. The summed E-state index contributed by atoms with van der Waals surface area (Å²) >= 11 is 6.04. The van der Waals surface area contributed by atoms with Crippen molar-refractivity contribution in [1.82, 2.24) is 19.4 Å². The summed E-state index contributed by atoms with van der Waals surface area (Å²) in [5.41, 5.74) is 3.00. The van der Waals surface area contributed by atoms with Gasteiger partial charge in [-0.1, -0.05) is 0 Å². The maximum atomic E-state index is 6.04. The van der Waals surface area contributed by atoms with Gasteiger partial charge >= 0.3 is 0 Å². The fourth-order valence-corrected chi connectivity index (χ4v) is 2.94. The van der Waals surface area contributed by atoms with Crippen molar-refractivity contribution in [3.63, 3.8) is 0 Å². The second-order valence-corrected chi connectivity index (χ2v) is 5.14. The lowest BCUT2D eigenvalue weighted by molar-refractivity contribution is 0.473. The molecule has 18 heavy (non-hydrogen) atoms. The van der Waals surface area contributed by atoms with Crippen molar-refractivity contribution in [2.45, 2.75) is 32.1 Å². The molecule has 98 valence electrons. The standard InChI is InChI=1S/C12H18ClN5/c1-9-11-12(16(2)15-9)18(10(8-13)14-11)17-6-4-3-5-7-17/h3-8H2,1-2H3. The van der Waals surface area contributed by atoms with E-state index >= 15 is 0 Å². The largest absolute Gasteiger partial charge is 0.310 e. The number of aryl methyl sites for hydroxylation is 2. The van der Waals surface area contributed by atoms with E-state index < -0.39 is 0 Å². The highest BCUT2D eigenvalue weighted by Crippen LogP contribution is 2.22. The van der Waals surface area contributed by atoms with Gasteiger partial charge in [0.2, 0.25) is 0 Å². The smallest absolute Gasteiger partial charge is 0.177 e. The van der Waals surface area contributed by atoms with Gasteiger partial charge in [-0.2, -0.15) is 5.10 Å². The van der Waals surface area contributed by atoms with E-state index in [2.05, 4.69) is 19.8 Å². The van der Waals surface area contributed by atoms with Crippen LogP contribution >= 0.6 is 11.6 Å². The molecule has 0 unspecified atom stereocenters. The van der Waals surface area contributed by atoms with Crippen LogP contribution in [0.15, 0.2) is 0 Å². The van der Waals surface area contributed by atoms with Gasteiger partial charge in [-0.15, -0.1) is 11.6 Å². The maximum absolute atomic E-state index is 6.04. The van der Waals surface area contributed by atoms with Gasteiger partial charge in [0, 0.05) is 20.1 Å². The van der Waals surface area contributed by atoms with Gasteiger partial charge < -0.3 is 5.01 Å². The average molecular weight is 268 g/mol. The molecule has 0 N–H and O–H groups in total. The molecule has 6 heteroatoms. The van der Waals surface area contributed by atoms with Crippen LogP contribution in [0.1, 0.15) is 30.8 Å². The van der Waals surface area contributed by atoms with Gasteiger partial charge in [0.25, 0.3) is 0 Å². The molecule has 0 saturated carbocycles. The number of imidazole rings is 1. The Balaban J connectivity index is 2.17. The number of nitrogens with zero attached hydrogens (tertiary/aromatic N) is 5. The number of halogens is 1. The van der Waals surface area contributed by atoms with Crippen LogP contribution in [0.4, 0.5) is 0 Å². The molecule has 1 fully saturated rings. The van der Waals surface area contributed by atoms with Gasteiger partial charge in [-0.25, -0.2) is 14.3 Å². The third kappa shape index (κ3) is 1.68. The predicted molar refractivity (Wildman–Crippen MR) is 72.6 cm³/mol. The van der Waals surface area contributed by atoms with E-state index in [9.17, 15) is 0 Å². The Morgan fingerprint density at radius 3 is 2.61 bits per heavy atom. The zero-order chi connectivity index (χ0) is 12.7. The Morgan fingerprint density at radius 1 is 1.22 bits per heavy atom. The summed E-state index contributed by atoms with van der Waals surface area (Å²) in [6.07, 6.45) is 3.78. The topological polar surface area (TPSA) is 38.9 Å². The molecule has 0 radical (unpaired) electrons. The van der Waals surface area contributed by atoms with E-state index in [-0.39, 0.29) is 0 Å². The van der Waals surface area contributed by atoms with Crippen LogP contribution in [-0.4, -0.2) is 32.5 Å². The van der Waals surface area contributed by atoms with E-state index in [0.717, 1.165) is 35.8 Å². The Labute approximate surface area is 111 Å².